The Hall–Kier alpha value is -1.26. The molecule has 1 aromatic rings. The van der Waals surface area contributed by atoms with Gasteiger partial charge in [0.1, 0.15) is 0 Å². The van der Waals surface area contributed by atoms with E-state index in [-0.39, 0.29) is 5.41 Å². The minimum Gasteiger partial charge on any atom is -0.313 e. The normalized spacial score (nSPS) is 18.9. The van der Waals surface area contributed by atoms with Gasteiger partial charge in [-0.2, -0.15) is 0 Å². The molecule has 1 aliphatic carbocycles. The molecule has 0 aromatic heterocycles. The molecule has 1 atom stereocenters. The van der Waals surface area contributed by atoms with E-state index in [0.29, 0.717) is 6.04 Å². The van der Waals surface area contributed by atoms with Crippen LogP contribution in [-0.2, 0) is 5.41 Å². The lowest BCUT2D eigenvalue weighted by Gasteiger charge is -2.45. The number of rotatable bonds is 7. The van der Waals surface area contributed by atoms with Crippen molar-refractivity contribution >= 4 is 0 Å². The number of benzene rings is 1. The predicted molar refractivity (Wildman–Crippen MR) is 91.4 cm³/mol. The van der Waals surface area contributed by atoms with Gasteiger partial charge in [0.2, 0.25) is 0 Å². The molecule has 0 amide bonds. The van der Waals surface area contributed by atoms with E-state index in [4.69, 9.17) is 6.42 Å². The van der Waals surface area contributed by atoms with Gasteiger partial charge in [-0.05, 0) is 37.8 Å². The summed E-state index contributed by atoms with van der Waals surface area (Å²) in [5.41, 5.74) is 1.79. The highest BCUT2D eigenvalue weighted by Gasteiger charge is 2.40. The zero-order valence-corrected chi connectivity index (χ0v) is 13.4. The molecule has 0 aliphatic heterocycles. The largest absolute Gasteiger partial charge is 0.313 e. The zero-order valence-electron chi connectivity index (χ0n) is 13.4. The van der Waals surface area contributed by atoms with Gasteiger partial charge in [-0.15, -0.1) is 12.3 Å². The fraction of sp³-hybridized carbons (Fsp3) is 0.600. The van der Waals surface area contributed by atoms with Crippen molar-refractivity contribution in [2.45, 2.75) is 69.7 Å². The van der Waals surface area contributed by atoms with Gasteiger partial charge in [-0.25, -0.2) is 0 Å². The lowest BCUT2D eigenvalue weighted by Crippen LogP contribution is -2.50. The second kappa shape index (κ2) is 8.25. The third-order valence-corrected chi connectivity index (χ3v) is 4.98. The van der Waals surface area contributed by atoms with E-state index >= 15 is 0 Å². The van der Waals surface area contributed by atoms with Gasteiger partial charge in [0.05, 0.1) is 0 Å². The number of nitrogens with one attached hydrogen (secondary N) is 1. The first-order valence-electron chi connectivity index (χ1n) is 8.56. The molecule has 1 saturated carbocycles. The van der Waals surface area contributed by atoms with Crippen LogP contribution in [0.25, 0.3) is 0 Å². The van der Waals surface area contributed by atoms with E-state index in [9.17, 15) is 0 Å². The summed E-state index contributed by atoms with van der Waals surface area (Å²) in [5, 5.41) is 3.82. The molecule has 1 N–H and O–H groups in total. The van der Waals surface area contributed by atoms with Crippen LogP contribution in [0.5, 0.6) is 0 Å². The first-order chi connectivity index (χ1) is 10.3. The highest BCUT2D eigenvalue weighted by Crippen LogP contribution is 2.43. The summed E-state index contributed by atoms with van der Waals surface area (Å²) in [6, 6.07) is 11.6. The Morgan fingerprint density at radius 2 is 1.90 bits per heavy atom. The maximum absolute atomic E-state index is 5.54. The second-order valence-corrected chi connectivity index (χ2v) is 6.33. The lowest BCUT2D eigenvalue weighted by molar-refractivity contribution is 0.205. The molecule has 1 fully saturated rings. The van der Waals surface area contributed by atoms with E-state index in [1.165, 1.54) is 44.1 Å². The van der Waals surface area contributed by atoms with Crippen molar-refractivity contribution in [2.24, 2.45) is 0 Å². The first kappa shape index (κ1) is 16.1. The molecule has 0 radical (unpaired) electrons. The van der Waals surface area contributed by atoms with E-state index in [1.807, 2.05) is 0 Å². The fourth-order valence-corrected chi connectivity index (χ4v) is 3.91. The predicted octanol–water partition coefficient (Wildman–Crippen LogP) is 4.67. The van der Waals surface area contributed by atoms with Crippen LogP contribution in [-0.4, -0.2) is 12.6 Å². The third kappa shape index (κ3) is 3.89. The molecule has 0 bridgehead atoms. The lowest BCUT2D eigenvalue weighted by atomic mass is 9.64. The Kier molecular flexibility index (Phi) is 6.33. The Labute approximate surface area is 130 Å². The molecule has 0 saturated heterocycles. The standard InChI is InChI=1S/C20H29N/c1-3-5-14-19(21-17-4-2)20(15-10-7-11-16-20)18-12-8-6-9-13-18/h1,6,8-9,12-13,19,21H,4-5,7,10-11,14-17H2,2H3. The Morgan fingerprint density at radius 1 is 1.19 bits per heavy atom. The average molecular weight is 283 g/mol. The van der Waals surface area contributed by atoms with Crippen LogP contribution < -0.4 is 5.32 Å². The van der Waals surface area contributed by atoms with E-state index in [0.717, 1.165) is 19.4 Å². The molecule has 0 heterocycles. The summed E-state index contributed by atoms with van der Waals surface area (Å²) >= 11 is 0. The molecule has 1 aliphatic rings. The third-order valence-electron chi connectivity index (χ3n) is 4.98. The van der Waals surface area contributed by atoms with Gasteiger partial charge in [-0.1, -0.05) is 56.5 Å². The van der Waals surface area contributed by atoms with Crippen LogP contribution >= 0.6 is 0 Å². The smallest absolute Gasteiger partial charge is 0.0173 e. The SMILES string of the molecule is C#CCCC(NCCC)C1(c2ccccc2)CCCCC1. The maximum Gasteiger partial charge on any atom is 0.0173 e. The molecule has 1 unspecified atom stereocenters. The summed E-state index contributed by atoms with van der Waals surface area (Å²) in [4.78, 5) is 0. The van der Waals surface area contributed by atoms with Crippen molar-refractivity contribution < 1.29 is 0 Å². The van der Waals surface area contributed by atoms with E-state index in [2.05, 4.69) is 48.5 Å². The molecule has 1 nitrogen and oxygen atoms in total. The highest BCUT2D eigenvalue weighted by atomic mass is 14.9. The monoisotopic (exact) mass is 283 g/mol. The molecule has 2 rings (SSSR count). The second-order valence-electron chi connectivity index (χ2n) is 6.33. The highest BCUT2D eigenvalue weighted by molar-refractivity contribution is 5.29. The Balaban J connectivity index is 2.29. The summed E-state index contributed by atoms with van der Waals surface area (Å²) < 4.78 is 0. The van der Waals surface area contributed by atoms with Gasteiger partial charge in [-0.3, -0.25) is 0 Å². The quantitative estimate of drug-likeness (QED) is 0.717. The number of hydrogen-bond donors (Lipinski definition) is 1. The summed E-state index contributed by atoms with van der Waals surface area (Å²) in [6.45, 7) is 3.32. The maximum atomic E-state index is 5.54. The van der Waals surface area contributed by atoms with Crippen molar-refractivity contribution in [1.82, 2.24) is 5.32 Å². The van der Waals surface area contributed by atoms with Crippen molar-refractivity contribution in [3.63, 3.8) is 0 Å². The van der Waals surface area contributed by atoms with Gasteiger partial charge in [0.25, 0.3) is 0 Å². The van der Waals surface area contributed by atoms with Gasteiger partial charge < -0.3 is 5.32 Å². The minimum absolute atomic E-state index is 0.283. The molecule has 21 heavy (non-hydrogen) atoms. The summed E-state index contributed by atoms with van der Waals surface area (Å²) in [6.07, 6.45) is 15.3. The van der Waals surface area contributed by atoms with Gasteiger partial charge >= 0.3 is 0 Å². The Bertz CT molecular complexity index is 437. The molecular weight excluding hydrogens is 254 g/mol. The molecular formula is C20H29N. The Morgan fingerprint density at radius 3 is 2.52 bits per heavy atom. The first-order valence-corrected chi connectivity index (χ1v) is 8.56. The van der Waals surface area contributed by atoms with Crippen molar-refractivity contribution in [1.29, 1.82) is 0 Å². The van der Waals surface area contributed by atoms with Crippen LogP contribution in [0.3, 0.4) is 0 Å². The van der Waals surface area contributed by atoms with E-state index < -0.39 is 0 Å². The molecule has 1 heteroatoms. The van der Waals surface area contributed by atoms with E-state index in [1.54, 1.807) is 0 Å². The topological polar surface area (TPSA) is 12.0 Å². The fourth-order valence-electron chi connectivity index (χ4n) is 3.91. The average Bonchev–Trinajstić information content (AvgIpc) is 2.56. The zero-order chi connectivity index (χ0) is 15.0. The van der Waals surface area contributed by atoms with Crippen molar-refractivity contribution in [2.75, 3.05) is 6.54 Å². The van der Waals surface area contributed by atoms with Crippen molar-refractivity contribution in [3.05, 3.63) is 35.9 Å². The van der Waals surface area contributed by atoms with Crippen LogP contribution in [0.1, 0.15) is 63.9 Å². The molecule has 114 valence electrons. The summed E-state index contributed by atoms with van der Waals surface area (Å²) in [7, 11) is 0. The number of terminal acetylenes is 1. The van der Waals surface area contributed by atoms with Crippen LogP contribution in [0, 0.1) is 12.3 Å². The van der Waals surface area contributed by atoms with Gasteiger partial charge in [0.15, 0.2) is 0 Å². The molecule has 0 spiro atoms. The van der Waals surface area contributed by atoms with Crippen molar-refractivity contribution in [3.8, 4) is 12.3 Å². The van der Waals surface area contributed by atoms with Crippen LogP contribution in [0.4, 0.5) is 0 Å². The minimum atomic E-state index is 0.283. The van der Waals surface area contributed by atoms with Crippen LogP contribution in [0.15, 0.2) is 30.3 Å². The summed E-state index contributed by atoms with van der Waals surface area (Å²) in [5.74, 6) is 2.84. The number of hydrogen-bond acceptors (Lipinski definition) is 1. The van der Waals surface area contributed by atoms with Crippen LogP contribution in [0.2, 0.25) is 0 Å². The van der Waals surface area contributed by atoms with Gasteiger partial charge in [0, 0.05) is 17.9 Å². The molecule has 1 aromatic carbocycles.